The average Bonchev–Trinajstić information content (AvgIpc) is 2.07. The molecular formula is C10H10BrF. The van der Waals surface area contributed by atoms with Gasteiger partial charge in [-0.05, 0) is 64.9 Å². The first-order valence-corrected chi connectivity index (χ1v) is 5.03. The van der Waals surface area contributed by atoms with E-state index in [1.54, 1.807) is 6.07 Å². The third-order valence-corrected chi connectivity index (χ3v) is 2.99. The Kier molecular flexibility index (Phi) is 2.18. The van der Waals surface area contributed by atoms with Crippen molar-refractivity contribution in [3.05, 3.63) is 33.5 Å². The Labute approximate surface area is 79.9 Å². The zero-order valence-electron chi connectivity index (χ0n) is 6.74. The van der Waals surface area contributed by atoms with E-state index < -0.39 is 0 Å². The van der Waals surface area contributed by atoms with E-state index in [9.17, 15) is 4.39 Å². The molecule has 0 radical (unpaired) electrons. The third kappa shape index (κ3) is 1.40. The van der Waals surface area contributed by atoms with E-state index in [0.717, 1.165) is 12.8 Å². The highest BCUT2D eigenvalue weighted by Gasteiger charge is 2.11. The molecule has 0 nitrogen and oxygen atoms in total. The first kappa shape index (κ1) is 8.24. The molecular weight excluding hydrogens is 219 g/mol. The van der Waals surface area contributed by atoms with Gasteiger partial charge in [0.2, 0.25) is 0 Å². The zero-order valence-corrected chi connectivity index (χ0v) is 8.33. The summed E-state index contributed by atoms with van der Waals surface area (Å²) in [6, 6.07) is 3.59. The molecule has 0 heterocycles. The molecule has 1 aliphatic rings. The maximum atomic E-state index is 13.1. The average molecular weight is 229 g/mol. The maximum absolute atomic E-state index is 13.1. The molecule has 2 heteroatoms. The minimum absolute atomic E-state index is 0.129. The second-order valence-electron chi connectivity index (χ2n) is 3.24. The highest BCUT2D eigenvalue weighted by molar-refractivity contribution is 9.10. The highest BCUT2D eigenvalue weighted by atomic mass is 79.9. The zero-order chi connectivity index (χ0) is 8.55. The smallest absolute Gasteiger partial charge is 0.137 e. The van der Waals surface area contributed by atoms with E-state index in [4.69, 9.17) is 0 Å². The van der Waals surface area contributed by atoms with E-state index in [1.807, 2.05) is 6.07 Å². The van der Waals surface area contributed by atoms with Gasteiger partial charge in [-0.1, -0.05) is 0 Å². The van der Waals surface area contributed by atoms with Gasteiger partial charge in [-0.25, -0.2) is 4.39 Å². The summed E-state index contributed by atoms with van der Waals surface area (Å²) in [5, 5.41) is 0. The minimum atomic E-state index is -0.129. The maximum Gasteiger partial charge on any atom is 0.137 e. The van der Waals surface area contributed by atoms with Crippen LogP contribution in [-0.4, -0.2) is 0 Å². The summed E-state index contributed by atoms with van der Waals surface area (Å²) in [7, 11) is 0. The van der Waals surface area contributed by atoms with E-state index in [-0.39, 0.29) is 5.82 Å². The van der Waals surface area contributed by atoms with Gasteiger partial charge < -0.3 is 0 Å². The van der Waals surface area contributed by atoms with Crippen LogP contribution < -0.4 is 0 Å². The molecule has 0 N–H and O–H groups in total. The van der Waals surface area contributed by atoms with Crippen LogP contribution in [0.2, 0.25) is 0 Å². The Morgan fingerprint density at radius 1 is 1.08 bits per heavy atom. The monoisotopic (exact) mass is 228 g/mol. The van der Waals surface area contributed by atoms with Crippen molar-refractivity contribution in [1.29, 1.82) is 0 Å². The van der Waals surface area contributed by atoms with Crippen LogP contribution in [0, 0.1) is 5.82 Å². The Morgan fingerprint density at radius 2 is 1.67 bits per heavy atom. The normalized spacial score (nSPS) is 15.8. The van der Waals surface area contributed by atoms with Crippen molar-refractivity contribution >= 4 is 15.9 Å². The Hall–Kier alpha value is -0.370. The fraction of sp³-hybridized carbons (Fsp3) is 0.400. The van der Waals surface area contributed by atoms with E-state index in [0.29, 0.717) is 4.47 Å². The van der Waals surface area contributed by atoms with Crippen LogP contribution in [0.5, 0.6) is 0 Å². The fourth-order valence-electron chi connectivity index (χ4n) is 1.73. The van der Waals surface area contributed by atoms with E-state index >= 15 is 0 Å². The lowest BCUT2D eigenvalue weighted by Crippen LogP contribution is -2.03. The Morgan fingerprint density at radius 3 is 2.33 bits per heavy atom. The van der Waals surface area contributed by atoms with Gasteiger partial charge in [-0.15, -0.1) is 0 Å². The minimum Gasteiger partial charge on any atom is -0.206 e. The van der Waals surface area contributed by atoms with Crippen LogP contribution in [0.25, 0.3) is 0 Å². The van der Waals surface area contributed by atoms with Crippen molar-refractivity contribution in [2.75, 3.05) is 0 Å². The van der Waals surface area contributed by atoms with Crippen LogP contribution >= 0.6 is 15.9 Å². The second-order valence-corrected chi connectivity index (χ2v) is 4.10. The molecule has 0 bridgehead atoms. The molecule has 0 saturated carbocycles. The van der Waals surface area contributed by atoms with Crippen LogP contribution in [0.1, 0.15) is 24.0 Å². The quantitative estimate of drug-likeness (QED) is 0.639. The standard InChI is InChI=1S/C10H10BrF/c11-9-5-7-3-1-2-4-8(7)6-10(9)12/h5-6H,1-4H2. The summed E-state index contributed by atoms with van der Waals surface area (Å²) in [5.74, 6) is -0.129. The summed E-state index contributed by atoms with van der Waals surface area (Å²) in [4.78, 5) is 0. The van der Waals surface area contributed by atoms with Crippen molar-refractivity contribution in [2.45, 2.75) is 25.7 Å². The lowest BCUT2D eigenvalue weighted by Gasteiger charge is -2.15. The summed E-state index contributed by atoms with van der Waals surface area (Å²) >= 11 is 3.20. The molecule has 1 aromatic carbocycles. The molecule has 0 aliphatic heterocycles. The topological polar surface area (TPSA) is 0 Å². The Bertz CT molecular complexity index is 276. The van der Waals surface area contributed by atoms with Gasteiger partial charge in [-0.2, -0.15) is 0 Å². The van der Waals surface area contributed by atoms with Crippen molar-refractivity contribution in [1.82, 2.24) is 0 Å². The summed E-state index contributed by atoms with van der Waals surface area (Å²) < 4.78 is 13.7. The summed E-state index contributed by atoms with van der Waals surface area (Å²) in [6.07, 6.45) is 4.59. The highest BCUT2D eigenvalue weighted by Crippen LogP contribution is 2.26. The first-order chi connectivity index (χ1) is 5.77. The lowest BCUT2D eigenvalue weighted by molar-refractivity contribution is 0.608. The summed E-state index contributed by atoms with van der Waals surface area (Å²) in [6.45, 7) is 0. The summed E-state index contributed by atoms with van der Waals surface area (Å²) in [5.41, 5.74) is 2.51. The van der Waals surface area contributed by atoms with Gasteiger partial charge >= 0.3 is 0 Å². The van der Waals surface area contributed by atoms with E-state index in [2.05, 4.69) is 15.9 Å². The van der Waals surface area contributed by atoms with Gasteiger partial charge in [0.25, 0.3) is 0 Å². The Balaban J connectivity index is 2.49. The predicted molar refractivity (Wildman–Crippen MR) is 50.7 cm³/mol. The molecule has 64 valence electrons. The van der Waals surface area contributed by atoms with Crippen molar-refractivity contribution in [3.63, 3.8) is 0 Å². The number of hydrogen-bond acceptors (Lipinski definition) is 0. The van der Waals surface area contributed by atoms with Gasteiger partial charge in [0.1, 0.15) is 5.82 Å². The molecule has 0 atom stereocenters. The number of hydrogen-bond donors (Lipinski definition) is 0. The number of rotatable bonds is 0. The number of aryl methyl sites for hydroxylation is 2. The van der Waals surface area contributed by atoms with Crippen molar-refractivity contribution in [3.8, 4) is 0 Å². The number of benzene rings is 1. The van der Waals surface area contributed by atoms with Gasteiger partial charge in [0, 0.05) is 0 Å². The number of fused-ring (bicyclic) bond motifs is 1. The lowest BCUT2D eigenvalue weighted by atomic mass is 9.92. The van der Waals surface area contributed by atoms with Crippen LogP contribution in [0.4, 0.5) is 4.39 Å². The predicted octanol–water partition coefficient (Wildman–Crippen LogP) is 3.47. The van der Waals surface area contributed by atoms with Gasteiger partial charge in [0.15, 0.2) is 0 Å². The molecule has 0 unspecified atom stereocenters. The molecule has 0 saturated heterocycles. The fourth-order valence-corrected chi connectivity index (χ4v) is 2.12. The van der Waals surface area contributed by atoms with Crippen LogP contribution in [0.15, 0.2) is 16.6 Å². The molecule has 0 spiro atoms. The van der Waals surface area contributed by atoms with Gasteiger partial charge in [0.05, 0.1) is 4.47 Å². The first-order valence-electron chi connectivity index (χ1n) is 4.24. The SMILES string of the molecule is Fc1cc2c(cc1Br)CCCC2. The molecule has 2 rings (SSSR count). The molecule has 0 aromatic heterocycles. The second kappa shape index (κ2) is 3.17. The van der Waals surface area contributed by atoms with Crippen LogP contribution in [0.3, 0.4) is 0 Å². The molecule has 0 fully saturated rings. The van der Waals surface area contributed by atoms with Crippen molar-refractivity contribution in [2.24, 2.45) is 0 Å². The number of halogens is 2. The third-order valence-electron chi connectivity index (χ3n) is 2.38. The van der Waals surface area contributed by atoms with Crippen molar-refractivity contribution < 1.29 is 4.39 Å². The molecule has 1 aliphatic carbocycles. The molecule has 1 aromatic rings. The van der Waals surface area contributed by atoms with Gasteiger partial charge in [-0.3, -0.25) is 0 Å². The van der Waals surface area contributed by atoms with Crippen LogP contribution in [-0.2, 0) is 12.8 Å². The molecule has 0 amide bonds. The molecule has 12 heavy (non-hydrogen) atoms. The largest absolute Gasteiger partial charge is 0.206 e. The van der Waals surface area contributed by atoms with E-state index in [1.165, 1.54) is 24.0 Å².